The van der Waals surface area contributed by atoms with Gasteiger partial charge in [-0.15, -0.1) is 0 Å². The molecule has 0 spiro atoms. The van der Waals surface area contributed by atoms with Crippen molar-refractivity contribution < 1.29 is 26.1 Å². The number of aromatic nitrogens is 2. The van der Waals surface area contributed by atoms with Gasteiger partial charge in [-0.25, -0.2) is 13.5 Å². The number of fused-ring (bicyclic) bond motifs is 1. The van der Waals surface area contributed by atoms with Crippen LogP contribution in [0.2, 0.25) is 0 Å². The summed E-state index contributed by atoms with van der Waals surface area (Å²) in [5.41, 5.74) is 2.95. The predicted molar refractivity (Wildman–Crippen MR) is 134 cm³/mol. The molecular weight excluding hydrogens is 480 g/mol. The Morgan fingerprint density at radius 2 is 1.42 bits per heavy atom. The van der Waals surface area contributed by atoms with Crippen LogP contribution in [0.4, 0.5) is 8.78 Å². The van der Waals surface area contributed by atoms with Gasteiger partial charge < -0.3 is 17.3 Å². The molecule has 0 saturated carbocycles. The number of benzene rings is 3. The van der Waals surface area contributed by atoms with Gasteiger partial charge >= 0.3 is 0 Å². The third kappa shape index (κ3) is 6.00. The van der Waals surface area contributed by atoms with Crippen molar-refractivity contribution in [2.45, 2.75) is 38.1 Å². The maximum atomic E-state index is 13.4. The minimum absolute atomic E-state index is 0. The van der Waals surface area contributed by atoms with Crippen molar-refractivity contribution in [1.29, 1.82) is 0 Å². The number of quaternary nitrogens is 1. The molecule has 1 fully saturated rings. The van der Waals surface area contributed by atoms with Crippen molar-refractivity contribution in [3.8, 4) is 0 Å². The van der Waals surface area contributed by atoms with Gasteiger partial charge in [-0.1, -0.05) is 42.5 Å². The van der Waals surface area contributed by atoms with E-state index in [1.807, 2.05) is 36.4 Å². The summed E-state index contributed by atoms with van der Waals surface area (Å²) in [7, 11) is 0. The van der Waals surface area contributed by atoms with Crippen molar-refractivity contribution in [3.63, 3.8) is 0 Å². The number of nitrogens with zero attached hydrogens (tertiary/aromatic N) is 2. The smallest absolute Gasteiger partial charge is 0.274 e. The molecule has 0 bridgehead atoms. The number of nitrogens with one attached hydrogen (secondary N) is 1. The molecule has 0 radical (unpaired) electrons. The molecule has 0 amide bonds. The normalized spacial score (nSPS) is 17.6. The zero-order valence-corrected chi connectivity index (χ0v) is 20.9. The van der Waals surface area contributed by atoms with Crippen LogP contribution in [0.25, 0.3) is 10.8 Å². The molecule has 2 heterocycles. The van der Waals surface area contributed by atoms with Crippen molar-refractivity contribution >= 4 is 10.8 Å². The molecule has 36 heavy (non-hydrogen) atoms. The van der Waals surface area contributed by atoms with Gasteiger partial charge in [0.2, 0.25) is 0 Å². The van der Waals surface area contributed by atoms with Crippen LogP contribution in [0.1, 0.15) is 42.1 Å². The van der Waals surface area contributed by atoms with Crippen LogP contribution in [0.3, 0.4) is 0 Å². The van der Waals surface area contributed by atoms with E-state index in [0.717, 1.165) is 62.0 Å². The number of halogens is 3. The molecular formula is C29H30ClF2N3O. The Hall–Kier alpha value is -3.09. The predicted octanol–water partition coefficient (Wildman–Crippen LogP) is 1.12. The van der Waals surface area contributed by atoms with Crippen molar-refractivity contribution in [2.75, 3.05) is 19.6 Å². The van der Waals surface area contributed by atoms with Gasteiger partial charge in [0.15, 0.2) is 0 Å². The molecule has 7 heteroatoms. The number of likely N-dealkylation sites (tertiary alicyclic amines) is 1. The van der Waals surface area contributed by atoms with Gasteiger partial charge in [0.1, 0.15) is 11.6 Å². The van der Waals surface area contributed by atoms with E-state index >= 15 is 0 Å². The average Bonchev–Trinajstić information content (AvgIpc) is 2.89. The van der Waals surface area contributed by atoms with E-state index in [-0.39, 0.29) is 35.6 Å². The van der Waals surface area contributed by atoms with Gasteiger partial charge in [-0.05, 0) is 47.9 Å². The van der Waals surface area contributed by atoms with Crippen LogP contribution in [-0.2, 0) is 12.8 Å². The van der Waals surface area contributed by atoms with Crippen LogP contribution < -0.4 is 22.9 Å². The van der Waals surface area contributed by atoms with Gasteiger partial charge in [0.05, 0.1) is 36.8 Å². The first-order valence-corrected chi connectivity index (χ1v) is 12.4. The summed E-state index contributed by atoms with van der Waals surface area (Å²) in [6, 6.07) is 20.9. The number of rotatable bonds is 7. The molecule has 1 aromatic heterocycles. The van der Waals surface area contributed by atoms with E-state index in [2.05, 4.69) is 0 Å². The zero-order chi connectivity index (χ0) is 24.2. The highest BCUT2D eigenvalue weighted by molar-refractivity contribution is 5.83. The van der Waals surface area contributed by atoms with E-state index in [9.17, 15) is 13.6 Å². The molecule has 188 valence electrons. The second kappa shape index (κ2) is 11.8. The number of hydrogen-bond acceptors (Lipinski definition) is 2. The highest BCUT2D eigenvalue weighted by Crippen LogP contribution is 2.21. The SMILES string of the molecule is O=c1c2ccccc2c(Cc2ccc(F)cc2)nn1C1CC[NH+](CCCc2ccc(F)cc2)CC1.[Cl-]. The minimum atomic E-state index is -0.261. The van der Waals surface area contributed by atoms with Crippen molar-refractivity contribution in [3.05, 3.63) is 112 Å². The van der Waals surface area contributed by atoms with E-state index in [0.29, 0.717) is 11.8 Å². The van der Waals surface area contributed by atoms with E-state index < -0.39 is 0 Å². The van der Waals surface area contributed by atoms with Gasteiger partial charge in [-0.2, -0.15) is 5.10 Å². The van der Waals surface area contributed by atoms with Gasteiger partial charge in [-0.3, -0.25) is 4.79 Å². The Kier molecular flexibility index (Phi) is 8.49. The number of aryl methyl sites for hydroxylation is 1. The number of hydrogen-bond donors (Lipinski definition) is 1. The molecule has 1 N–H and O–H groups in total. The Labute approximate surface area is 216 Å². The summed E-state index contributed by atoms with van der Waals surface area (Å²) in [5, 5.41) is 6.40. The van der Waals surface area contributed by atoms with E-state index in [1.165, 1.54) is 29.8 Å². The molecule has 0 aliphatic carbocycles. The lowest BCUT2D eigenvalue weighted by atomic mass is 10.0. The first-order valence-electron chi connectivity index (χ1n) is 12.4. The van der Waals surface area contributed by atoms with Crippen LogP contribution in [0.15, 0.2) is 77.6 Å². The largest absolute Gasteiger partial charge is 1.00 e. The maximum Gasteiger partial charge on any atom is 0.274 e. The molecule has 5 rings (SSSR count). The second-order valence-corrected chi connectivity index (χ2v) is 9.51. The highest BCUT2D eigenvalue weighted by Gasteiger charge is 2.26. The number of piperidine rings is 1. The first kappa shape index (κ1) is 26.0. The van der Waals surface area contributed by atoms with Crippen molar-refractivity contribution in [1.82, 2.24) is 9.78 Å². The quantitative estimate of drug-likeness (QED) is 0.406. The summed E-state index contributed by atoms with van der Waals surface area (Å²) < 4.78 is 28.2. The monoisotopic (exact) mass is 509 g/mol. The van der Waals surface area contributed by atoms with Gasteiger partial charge in [0, 0.05) is 31.1 Å². The Bertz CT molecular complexity index is 1350. The molecule has 0 atom stereocenters. The van der Waals surface area contributed by atoms with Crippen molar-refractivity contribution in [2.24, 2.45) is 0 Å². The summed E-state index contributed by atoms with van der Waals surface area (Å²) in [6.45, 7) is 3.07. The minimum Gasteiger partial charge on any atom is -1.00 e. The fraction of sp³-hybridized carbons (Fsp3) is 0.310. The van der Waals surface area contributed by atoms with Crippen LogP contribution in [-0.4, -0.2) is 29.4 Å². The molecule has 1 saturated heterocycles. The van der Waals surface area contributed by atoms with E-state index in [1.54, 1.807) is 21.7 Å². The summed E-state index contributed by atoms with van der Waals surface area (Å²) in [5.74, 6) is -0.455. The lowest BCUT2D eigenvalue weighted by molar-refractivity contribution is -0.906. The fourth-order valence-corrected chi connectivity index (χ4v) is 5.15. The van der Waals surface area contributed by atoms with Gasteiger partial charge in [0.25, 0.3) is 5.56 Å². The highest BCUT2D eigenvalue weighted by atomic mass is 35.5. The maximum absolute atomic E-state index is 13.4. The fourth-order valence-electron chi connectivity index (χ4n) is 5.15. The van der Waals surface area contributed by atoms with Crippen LogP contribution in [0.5, 0.6) is 0 Å². The Morgan fingerprint density at radius 3 is 2.06 bits per heavy atom. The summed E-state index contributed by atoms with van der Waals surface area (Å²) in [4.78, 5) is 14.9. The summed E-state index contributed by atoms with van der Waals surface area (Å²) >= 11 is 0. The van der Waals surface area contributed by atoms with Crippen LogP contribution >= 0.6 is 0 Å². The Balaban J connectivity index is 0.00000304. The lowest BCUT2D eigenvalue weighted by Gasteiger charge is -2.30. The lowest BCUT2D eigenvalue weighted by Crippen LogP contribution is -3.13. The molecule has 0 unspecified atom stereocenters. The molecule has 1 aliphatic rings. The van der Waals surface area contributed by atoms with E-state index in [4.69, 9.17) is 5.10 Å². The third-order valence-electron chi connectivity index (χ3n) is 7.11. The first-order chi connectivity index (χ1) is 17.1. The van der Waals surface area contributed by atoms with Crippen LogP contribution in [0, 0.1) is 11.6 Å². The average molecular weight is 510 g/mol. The third-order valence-corrected chi connectivity index (χ3v) is 7.11. The molecule has 3 aromatic carbocycles. The second-order valence-electron chi connectivity index (χ2n) is 9.51. The summed E-state index contributed by atoms with van der Waals surface area (Å²) in [6.07, 6.45) is 4.38. The zero-order valence-electron chi connectivity index (χ0n) is 20.1. The molecule has 4 nitrogen and oxygen atoms in total. The topological polar surface area (TPSA) is 39.3 Å². The molecule has 1 aliphatic heterocycles. The standard InChI is InChI=1S/C29H29F2N3O.ClH/c30-23-11-7-21(8-12-23)4-3-17-33-18-15-25(16-19-33)34-29(35)27-6-2-1-5-26(27)28(32-34)20-22-9-13-24(31)14-10-22;/h1-2,5-14,25H,3-4,15-20H2;1H. The Morgan fingerprint density at radius 1 is 0.833 bits per heavy atom. The molecule has 4 aromatic rings.